The number of rotatable bonds is 3. The van der Waals surface area contributed by atoms with Gasteiger partial charge in [-0.1, -0.05) is 23.2 Å². The zero-order valence-electron chi connectivity index (χ0n) is 10.5. The van der Waals surface area contributed by atoms with Crippen LogP contribution in [-0.4, -0.2) is 34.8 Å². The molecule has 0 aliphatic heterocycles. The number of fused-ring (bicyclic) bond motifs is 1. The van der Waals surface area contributed by atoms with E-state index in [-0.39, 0.29) is 24.2 Å². The number of hydrogen-bond donors (Lipinski definition) is 0. The van der Waals surface area contributed by atoms with Crippen molar-refractivity contribution in [1.29, 1.82) is 0 Å². The Morgan fingerprint density at radius 1 is 1.32 bits per heavy atom. The highest BCUT2D eigenvalue weighted by Crippen LogP contribution is 2.59. The second-order valence-corrected chi connectivity index (χ2v) is 6.36. The van der Waals surface area contributed by atoms with E-state index in [2.05, 4.69) is 0 Å². The average molecular weight is 309 g/mol. The largest absolute Gasteiger partial charge is 0.465 e. The number of Topliss-reactive ketones (excluding diaryl/α,β-unsaturated/α-hetero) is 1. The molecular formula is C12H14Cl2O5. The molecule has 2 saturated carbocycles. The molecule has 7 heteroatoms. The third-order valence-corrected chi connectivity index (χ3v) is 4.68. The van der Waals surface area contributed by atoms with Crippen molar-refractivity contribution in [1.82, 2.24) is 0 Å². The molecule has 2 rings (SSSR count). The van der Waals surface area contributed by atoms with Crippen LogP contribution in [0, 0.1) is 17.8 Å². The second-order valence-electron chi connectivity index (χ2n) is 4.97. The zero-order valence-corrected chi connectivity index (χ0v) is 12.0. The van der Waals surface area contributed by atoms with Gasteiger partial charge in [0.15, 0.2) is 10.1 Å². The third kappa shape index (κ3) is 2.46. The van der Waals surface area contributed by atoms with Gasteiger partial charge in [0.1, 0.15) is 6.10 Å². The average Bonchev–Trinajstić information content (AvgIpc) is 2.62. The van der Waals surface area contributed by atoms with E-state index >= 15 is 0 Å². The fourth-order valence-corrected chi connectivity index (χ4v) is 3.64. The number of carbonyl (C=O) groups excluding carboxylic acids is 3. The maximum absolute atomic E-state index is 11.9. The Bertz CT molecular complexity index is 434. The molecule has 0 N–H and O–H groups in total. The number of alkyl halides is 2. The van der Waals surface area contributed by atoms with E-state index in [0.29, 0.717) is 6.42 Å². The summed E-state index contributed by atoms with van der Waals surface area (Å²) in [6.45, 7) is 2.60. The lowest BCUT2D eigenvalue weighted by Crippen LogP contribution is -2.56. The van der Waals surface area contributed by atoms with E-state index < -0.39 is 28.3 Å². The van der Waals surface area contributed by atoms with Crippen molar-refractivity contribution in [3.63, 3.8) is 0 Å². The smallest absolute Gasteiger partial charge is 0.302 e. The summed E-state index contributed by atoms with van der Waals surface area (Å²) in [6, 6.07) is 0. The molecule has 2 aliphatic carbocycles. The van der Waals surface area contributed by atoms with Crippen molar-refractivity contribution in [3.05, 3.63) is 0 Å². The molecule has 0 heterocycles. The lowest BCUT2D eigenvalue weighted by atomic mass is 9.70. The fraction of sp³-hybridized carbons (Fsp3) is 0.750. The normalized spacial score (nSPS) is 35.3. The summed E-state index contributed by atoms with van der Waals surface area (Å²) >= 11 is 11.9. The van der Waals surface area contributed by atoms with Gasteiger partial charge in [0.25, 0.3) is 0 Å². The predicted octanol–water partition coefficient (Wildman–Crippen LogP) is 1.49. The predicted molar refractivity (Wildman–Crippen MR) is 66.7 cm³/mol. The van der Waals surface area contributed by atoms with Gasteiger partial charge in [0, 0.05) is 31.6 Å². The molecule has 0 amide bonds. The Kier molecular flexibility index (Phi) is 3.80. The number of ketones is 1. The number of esters is 2. The van der Waals surface area contributed by atoms with E-state index in [9.17, 15) is 14.4 Å². The van der Waals surface area contributed by atoms with Gasteiger partial charge >= 0.3 is 11.9 Å². The summed E-state index contributed by atoms with van der Waals surface area (Å²) in [6.07, 6.45) is -0.0790. The van der Waals surface area contributed by atoms with Crippen molar-refractivity contribution < 1.29 is 23.9 Å². The van der Waals surface area contributed by atoms with E-state index in [0.717, 1.165) is 0 Å². The van der Waals surface area contributed by atoms with Crippen LogP contribution in [0.5, 0.6) is 0 Å². The van der Waals surface area contributed by atoms with Gasteiger partial charge in [-0.15, -0.1) is 0 Å². The molecule has 0 unspecified atom stereocenters. The van der Waals surface area contributed by atoms with Crippen LogP contribution in [0.3, 0.4) is 0 Å². The third-order valence-electron chi connectivity index (χ3n) is 3.75. The van der Waals surface area contributed by atoms with Crippen LogP contribution in [0.1, 0.15) is 20.3 Å². The monoisotopic (exact) mass is 308 g/mol. The number of carbonyl (C=O) groups is 3. The summed E-state index contributed by atoms with van der Waals surface area (Å²) < 4.78 is 8.71. The molecule has 0 spiro atoms. The van der Waals surface area contributed by atoms with Crippen molar-refractivity contribution in [2.75, 3.05) is 6.61 Å². The Labute approximate surface area is 120 Å². The summed E-state index contributed by atoms with van der Waals surface area (Å²) in [7, 11) is 0. The van der Waals surface area contributed by atoms with Crippen LogP contribution in [0.15, 0.2) is 0 Å². The molecule has 0 radical (unpaired) electrons. The fourth-order valence-electron chi connectivity index (χ4n) is 2.93. The highest BCUT2D eigenvalue weighted by atomic mass is 35.5. The lowest BCUT2D eigenvalue weighted by Gasteiger charge is -2.42. The van der Waals surface area contributed by atoms with Crippen LogP contribution >= 0.6 is 23.2 Å². The number of halogens is 2. The molecular weight excluding hydrogens is 295 g/mol. The van der Waals surface area contributed by atoms with Crippen LogP contribution in [0.2, 0.25) is 0 Å². The van der Waals surface area contributed by atoms with Crippen molar-refractivity contribution in [3.8, 4) is 0 Å². The molecule has 0 aromatic carbocycles. The number of hydrogen-bond acceptors (Lipinski definition) is 5. The molecule has 0 aromatic rings. The molecule has 0 aromatic heterocycles. The van der Waals surface area contributed by atoms with Gasteiger partial charge in [-0.3, -0.25) is 14.4 Å². The maximum Gasteiger partial charge on any atom is 0.302 e. The van der Waals surface area contributed by atoms with Gasteiger partial charge in [-0.2, -0.15) is 0 Å². The quantitative estimate of drug-likeness (QED) is 0.583. The Hall–Kier alpha value is -0.810. The minimum absolute atomic E-state index is 0.0318. The molecule has 2 aliphatic rings. The zero-order chi connectivity index (χ0) is 14.4. The summed E-state index contributed by atoms with van der Waals surface area (Å²) in [5, 5.41) is 0. The minimum atomic E-state index is -1.41. The first-order valence-corrected chi connectivity index (χ1v) is 6.73. The Balaban J connectivity index is 2.13. The van der Waals surface area contributed by atoms with Gasteiger partial charge in [0.05, 0.1) is 6.61 Å². The first-order chi connectivity index (χ1) is 8.75. The molecule has 4 atom stereocenters. The molecule has 2 fully saturated rings. The highest BCUT2D eigenvalue weighted by molar-refractivity contribution is 6.60. The van der Waals surface area contributed by atoms with Crippen molar-refractivity contribution >= 4 is 40.9 Å². The standard InChI is InChI=1S/C12H14Cl2O5/c1-5(15)18-4-7-9(19-6(2)16)3-8-10(7)11(17)12(8,13)14/h7-10H,3-4H2,1-2H3/t7-,8-,9+,10+/m0/s1. The summed E-state index contributed by atoms with van der Waals surface area (Å²) in [5.74, 6) is -2.20. The second kappa shape index (κ2) is 4.94. The molecule has 0 bridgehead atoms. The molecule has 19 heavy (non-hydrogen) atoms. The first kappa shape index (κ1) is 14.6. The number of ether oxygens (including phenoxy) is 2. The van der Waals surface area contributed by atoms with Crippen molar-refractivity contribution in [2.24, 2.45) is 17.8 Å². The van der Waals surface area contributed by atoms with E-state index in [1.54, 1.807) is 0 Å². The van der Waals surface area contributed by atoms with Crippen LogP contribution < -0.4 is 0 Å². The Morgan fingerprint density at radius 2 is 1.95 bits per heavy atom. The van der Waals surface area contributed by atoms with Gasteiger partial charge in [-0.25, -0.2) is 0 Å². The SMILES string of the molecule is CC(=O)OC[C@@H]1[C@H]2C(=O)C(Cl)(Cl)[C@H]2C[C@H]1OC(C)=O. The van der Waals surface area contributed by atoms with Crippen molar-refractivity contribution in [2.45, 2.75) is 30.7 Å². The highest BCUT2D eigenvalue weighted by Gasteiger charge is 2.68. The molecule has 5 nitrogen and oxygen atoms in total. The first-order valence-electron chi connectivity index (χ1n) is 5.98. The summed E-state index contributed by atoms with van der Waals surface area (Å²) in [5.41, 5.74) is 0. The lowest BCUT2D eigenvalue weighted by molar-refractivity contribution is -0.154. The van der Waals surface area contributed by atoms with Crippen LogP contribution in [0.4, 0.5) is 0 Å². The molecule has 0 saturated heterocycles. The van der Waals surface area contributed by atoms with E-state index in [1.165, 1.54) is 13.8 Å². The topological polar surface area (TPSA) is 69.7 Å². The van der Waals surface area contributed by atoms with Gasteiger partial charge in [0.2, 0.25) is 0 Å². The Morgan fingerprint density at radius 3 is 2.47 bits per heavy atom. The van der Waals surface area contributed by atoms with Gasteiger partial charge < -0.3 is 9.47 Å². The van der Waals surface area contributed by atoms with E-state index in [1.807, 2.05) is 0 Å². The molecule has 106 valence electrons. The van der Waals surface area contributed by atoms with Gasteiger partial charge in [-0.05, 0) is 6.42 Å². The summed E-state index contributed by atoms with van der Waals surface area (Å²) in [4.78, 5) is 33.9. The minimum Gasteiger partial charge on any atom is -0.465 e. The van der Waals surface area contributed by atoms with Crippen LogP contribution in [0.25, 0.3) is 0 Å². The van der Waals surface area contributed by atoms with Crippen LogP contribution in [-0.2, 0) is 23.9 Å². The van der Waals surface area contributed by atoms with E-state index in [4.69, 9.17) is 32.7 Å². The maximum atomic E-state index is 11.9.